The number of hydrogen-bond acceptors (Lipinski definition) is 2. The van der Waals surface area contributed by atoms with Gasteiger partial charge in [-0.15, -0.1) is 0 Å². The average molecular weight is 201 g/mol. The van der Waals surface area contributed by atoms with Crippen molar-refractivity contribution in [2.75, 3.05) is 6.54 Å². The van der Waals surface area contributed by atoms with Crippen molar-refractivity contribution >= 4 is 18.5 Å². The molecule has 0 radical (unpaired) electrons. The van der Waals surface area contributed by atoms with Gasteiger partial charge in [-0.2, -0.15) is 12.6 Å². The van der Waals surface area contributed by atoms with Crippen LogP contribution in [0.2, 0.25) is 0 Å². The van der Waals surface area contributed by atoms with Crippen molar-refractivity contribution in [2.24, 2.45) is 0 Å². The molecule has 0 spiro atoms. The number of rotatable bonds is 2. The van der Waals surface area contributed by atoms with Crippen molar-refractivity contribution in [3.63, 3.8) is 0 Å². The summed E-state index contributed by atoms with van der Waals surface area (Å²) in [5, 5.41) is 0. The van der Waals surface area contributed by atoms with Crippen molar-refractivity contribution in [1.29, 1.82) is 0 Å². The number of thiol groups is 1. The van der Waals surface area contributed by atoms with Crippen LogP contribution in [-0.2, 0) is 4.79 Å². The predicted octanol–water partition coefficient (Wildman–Crippen LogP) is 2.10. The van der Waals surface area contributed by atoms with E-state index in [9.17, 15) is 4.79 Å². The molecule has 0 bridgehead atoms. The Balaban J connectivity index is 2.48. The zero-order chi connectivity index (χ0) is 10.1. The van der Waals surface area contributed by atoms with E-state index in [0.717, 1.165) is 19.4 Å². The summed E-state index contributed by atoms with van der Waals surface area (Å²) in [7, 11) is 0. The van der Waals surface area contributed by atoms with Gasteiger partial charge in [-0.3, -0.25) is 4.79 Å². The van der Waals surface area contributed by atoms with E-state index in [1.807, 2.05) is 18.7 Å². The van der Waals surface area contributed by atoms with E-state index >= 15 is 0 Å². The second-order valence-electron chi connectivity index (χ2n) is 4.57. The summed E-state index contributed by atoms with van der Waals surface area (Å²) in [5.74, 6) is 0.255. The van der Waals surface area contributed by atoms with Crippen LogP contribution in [0.25, 0.3) is 0 Å². The van der Waals surface area contributed by atoms with E-state index < -0.39 is 0 Å². The number of carbonyl (C=O) groups excluding carboxylic acids is 1. The highest BCUT2D eigenvalue weighted by Crippen LogP contribution is 2.23. The molecule has 1 atom stereocenters. The molecule has 0 aromatic heterocycles. The van der Waals surface area contributed by atoms with Crippen LogP contribution in [0.3, 0.4) is 0 Å². The molecule has 1 saturated heterocycles. The molecular formula is C10H19NOS. The van der Waals surface area contributed by atoms with E-state index in [1.165, 1.54) is 0 Å². The molecule has 3 heteroatoms. The lowest BCUT2D eigenvalue weighted by Gasteiger charge is -2.25. The van der Waals surface area contributed by atoms with Gasteiger partial charge in [-0.25, -0.2) is 0 Å². The third-order valence-corrected chi connectivity index (χ3v) is 2.62. The summed E-state index contributed by atoms with van der Waals surface area (Å²) in [6.07, 6.45) is 2.85. The molecule has 1 unspecified atom stereocenters. The van der Waals surface area contributed by atoms with Gasteiger partial charge in [0, 0.05) is 23.8 Å². The molecule has 1 heterocycles. The molecule has 1 aliphatic rings. The quantitative estimate of drug-likeness (QED) is 0.678. The van der Waals surface area contributed by atoms with Gasteiger partial charge in [0.05, 0.1) is 0 Å². The van der Waals surface area contributed by atoms with Gasteiger partial charge >= 0.3 is 0 Å². The maximum Gasteiger partial charge on any atom is 0.224 e. The Morgan fingerprint density at radius 2 is 2.23 bits per heavy atom. The van der Waals surface area contributed by atoms with Crippen molar-refractivity contribution in [1.82, 2.24) is 4.90 Å². The van der Waals surface area contributed by atoms with Gasteiger partial charge in [0.2, 0.25) is 5.91 Å². The lowest BCUT2D eigenvalue weighted by atomic mass is 10.1. The Labute approximate surface area is 86.1 Å². The topological polar surface area (TPSA) is 20.3 Å². The number of carbonyl (C=O) groups is 1. The van der Waals surface area contributed by atoms with Crippen LogP contribution in [0, 0.1) is 0 Å². The maximum atomic E-state index is 11.7. The van der Waals surface area contributed by atoms with Crippen LogP contribution in [0.4, 0.5) is 0 Å². The Morgan fingerprint density at radius 3 is 2.62 bits per heavy atom. The standard InChI is InChI=1S/C10H19NOS/c1-8-5-4-6-11(8)9(12)7-10(2,3)13/h8,13H,4-7H2,1-3H3. The first-order valence-corrected chi connectivity index (χ1v) is 5.37. The predicted molar refractivity (Wildman–Crippen MR) is 58.1 cm³/mol. The highest BCUT2D eigenvalue weighted by molar-refractivity contribution is 7.81. The molecule has 1 rings (SSSR count). The summed E-state index contributed by atoms with van der Waals surface area (Å²) in [6, 6.07) is 0.434. The largest absolute Gasteiger partial charge is 0.340 e. The van der Waals surface area contributed by atoms with Gasteiger partial charge in [0.15, 0.2) is 0 Å². The van der Waals surface area contributed by atoms with E-state index in [2.05, 4.69) is 19.6 Å². The van der Waals surface area contributed by atoms with Gasteiger partial charge in [-0.05, 0) is 19.8 Å². The molecule has 1 aliphatic heterocycles. The Kier molecular flexibility index (Phi) is 3.28. The molecule has 0 aromatic carbocycles. The molecule has 0 aliphatic carbocycles. The fraction of sp³-hybridized carbons (Fsp3) is 0.900. The Morgan fingerprint density at radius 1 is 1.62 bits per heavy atom. The van der Waals surface area contributed by atoms with Gasteiger partial charge in [0.25, 0.3) is 0 Å². The maximum absolute atomic E-state index is 11.7. The molecule has 0 aromatic rings. The highest BCUT2D eigenvalue weighted by atomic mass is 32.1. The van der Waals surface area contributed by atoms with E-state index in [-0.39, 0.29) is 10.7 Å². The van der Waals surface area contributed by atoms with Crippen LogP contribution in [0.5, 0.6) is 0 Å². The first-order valence-electron chi connectivity index (χ1n) is 4.92. The first kappa shape index (κ1) is 10.9. The second kappa shape index (κ2) is 3.91. The number of amides is 1. The minimum absolute atomic E-state index is 0.181. The fourth-order valence-electron chi connectivity index (χ4n) is 1.78. The molecular weight excluding hydrogens is 182 g/mol. The van der Waals surface area contributed by atoms with Crippen molar-refractivity contribution in [3.05, 3.63) is 0 Å². The van der Waals surface area contributed by atoms with Crippen LogP contribution >= 0.6 is 12.6 Å². The Bertz CT molecular complexity index is 198. The van der Waals surface area contributed by atoms with E-state index in [0.29, 0.717) is 12.5 Å². The Hall–Kier alpha value is -0.180. The van der Waals surface area contributed by atoms with Crippen LogP contribution < -0.4 is 0 Å². The second-order valence-corrected chi connectivity index (χ2v) is 5.78. The monoisotopic (exact) mass is 201 g/mol. The average Bonchev–Trinajstić information content (AvgIpc) is 2.30. The van der Waals surface area contributed by atoms with Crippen molar-refractivity contribution in [2.45, 2.75) is 50.8 Å². The molecule has 1 fully saturated rings. The molecule has 0 N–H and O–H groups in total. The van der Waals surface area contributed by atoms with Gasteiger partial charge < -0.3 is 4.90 Å². The SMILES string of the molecule is CC1CCCN1C(=O)CC(C)(C)S. The molecule has 13 heavy (non-hydrogen) atoms. The third kappa shape index (κ3) is 3.22. The van der Waals surface area contributed by atoms with Crippen molar-refractivity contribution in [3.8, 4) is 0 Å². The first-order chi connectivity index (χ1) is 5.90. The van der Waals surface area contributed by atoms with Gasteiger partial charge in [0.1, 0.15) is 0 Å². The minimum Gasteiger partial charge on any atom is -0.340 e. The third-order valence-electron chi connectivity index (χ3n) is 2.46. The van der Waals surface area contributed by atoms with Crippen LogP contribution in [0.15, 0.2) is 0 Å². The highest BCUT2D eigenvalue weighted by Gasteiger charge is 2.28. The van der Waals surface area contributed by atoms with Crippen LogP contribution in [-0.4, -0.2) is 28.1 Å². The smallest absolute Gasteiger partial charge is 0.224 e. The number of nitrogens with zero attached hydrogens (tertiary/aromatic N) is 1. The number of likely N-dealkylation sites (tertiary alicyclic amines) is 1. The summed E-state index contributed by atoms with van der Waals surface area (Å²) < 4.78 is -0.181. The van der Waals surface area contributed by atoms with Crippen LogP contribution in [0.1, 0.15) is 40.0 Å². The summed E-state index contributed by atoms with van der Waals surface area (Å²) >= 11 is 4.37. The molecule has 76 valence electrons. The molecule has 0 saturated carbocycles. The zero-order valence-electron chi connectivity index (χ0n) is 8.71. The van der Waals surface area contributed by atoms with E-state index in [4.69, 9.17) is 0 Å². The number of hydrogen-bond donors (Lipinski definition) is 1. The summed E-state index contributed by atoms with van der Waals surface area (Å²) in [6.45, 7) is 7.02. The molecule has 2 nitrogen and oxygen atoms in total. The lowest BCUT2D eigenvalue weighted by molar-refractivity contribution is -0.132. The fourth-order valence-corrected chi connectivity index (χ4v) is 1.91. The zero-order valence-corrected chi connectivity index (χ0v) is 9.60. The minimum atomic E-state index is -0.181. The van der Waals surface area contributed by atoms with E-state index in [1.54, 1.807) is 0 Å². The normalized spacial score (nSPS) is 23.7. The summed E-state index contributed by atoms with van der Waals surface area (Å²) in [5.41, 5.74) is 0. The molecule has 1 amide bonds. The lowest BCUT2D eigenvalue weighted by Crippen LogP contribution is -2.36. The van der Waals surface area contributed by atoms with Gasteiger partial charge in [-0.1, -0.05) is 13.8 Å². The summed E-state index contributed by atoms with van der Waals surface area (Å²) in [4.78, 5) is 13.7. The van der Waals surface area contributed by atoms with Crippen molar-refractivity contribution < 1.29 is 4.79 Å².